The van der Waals surface area contributed by atoms with Crippen molar-refractivity contribution in [3.05, 3.63) is 71.8 Å². The molecule has 0 aliphatic carbocycles. The standard InChI is InChI=1S/C21H23F2N3O/c22-18-4-1-17(2-5-18)3-10-21(27)24-11-12-25-13-15-26(16-14-25)20-8-6-19(23)7-9-20/h1-10H,11-16H2,(H,24,27)/b10-3+. The van der Waals surface area contributed by atoms with E-state index in [-0.39, 0.29) is 17.5 Å². The van der Waals surface area contributed by atoms with Crippen LogP contribution in [0, 0.1) is 11.6 Å². The van der Waals surface area contributed by atoms with Gasteiger partial charge >= 0.3 is 0 Å². The van der Waals surface area contributed by atoms with Crippen LogP contribution in [0.1, 0.15) is 5.56 Å². The minimum atomic E-state index is -0.295. The van der Waals surface area contributed by atoms with Gasteiger partial charge in [-0.15, -0.1) is 0 Å². The number of hydrogen-bond acceptors (Lipinski definition) is 3. The van der Waals surface area contributed by atoms with E-state index in [9.17, 15) is 13.6 Å². The Labute approximate surface area is 158 Å². The second kappa shape index (κ2) is 9.28. The van der Waals surface area contributed by atoms with Gasteiger partial charge in [-0.3, -0.25) is 9.69 Å². The molecule has 3 rings (SSSR count). The fourth-order valence-corrected chi connectivity index (χ4v) is 3.02. The quantitative estimate of drug-likeness (QED) is 0.793. The molecule has 2 aromatic carbocycles. The fourth-order valence-electron chi connectivity index (χ4n) is 3.02. The van der Waals surface area contributed by atoms with Crippen LogP contribution in [0.3, 0.4) is 0 Å². The molecule has 1 heterocycles. The van der Waals surface area contributed by atoms with Crippen molar-refractivity contribution in [2.24, 2.45) is 0 Å². The van der Waals surface area contributed by atoms with Gasteiger partial charge in [0.15, 0.2) is 0 Å². The number of nitrogens with one attached hydrogen (secondary N) is 1. The Hall–Kier alpha value is -2.73. The topological polar surface area (TPSA) is 35.6 Å². The molecule has 0 bridgehead atoms. The van der Waals surface area contributed by atoms with Gasteiger partial charge in [-0.2, -0.15) is 0 Å². The van der Waals surface area contributed by atoms with Crippen molar-refractivity contribution in [2.75, 3.05) is 44.2 Å². The summed E-state index contributed by atoms with van der Waals surface area (Å²) in [5.41, 5.74) is 1.82. The van der Waals surface area contributed by atoms with Crippen LogP contribution >= 0.6 is 0 Å². The monoisotopic (exact) mass is 371 g/mol. The van der Waals surface area contributed by atoms with Gasteiger partial charge in [0.1, 0.15) is 11.6 Å². The van der Waals surface area contributed by atoms with Gasteiger partial charge < -0.3 is 10.2 Å². The van der Waals surface area contributed by atoms with E-state index in [4.69, 9.17) is 0 Å². The average Bonchev–Trinajstić information content (AvgIpc) is 2.69. The zero-order chi connectivity index (χ0) is 19.1. The molecule has 1 N–H and O–H groups in total. The largest absolute Gasteiger partial charge is 0.369 e. The molecule has 0 atom stereocenters. The van der Waals surface area contributed by atoms with E-state index in [1.54, 1.807) is 30.3 Å². The summed E-state index contributed by atoms with van der Waals surface area (Å²) in [7, 11) is 0. The first-order chi connectivity index (χ1) is 13.1. The Bertz CT molecular complexity index is 767. The molecule has 2 aromatic rings. The molecule has 4 nitrogen and oxygen atoms in total. The highest BCUT2D eigenvalue weighted by atomic mass is 19.1. The van der Waals surface area contributed by atoms with Crippen molar-refractivity contribution >= 4 is 17.7 Å². The van der Waals surface area contributed by atoms with Crippen LogP contribution in [0.15, 0.2) is 54.6 Å². The first kappa shape index (κ1) is 19.0. The van der Waals surface area contributed by atoms with Crippen LogP contribution in [-0.4, -0.2) is 50.1 Å². The molecule has 0 radical (unpaired) electrons. The van der Waals surface area contributed by atoms with E-state index < -0.39 is 0 Å². The van der Waals surface area contributed by atoms with Gasteiger partial charge in [0.05, 0.1) is 0 Å². The van der Waals surface area contributed by atoms with Gasteiger partial charge in [0.25, 0.3) is 0 Å². The number of carbonyl (C=O) groups is 1. The Balaban J connectivity index is 1.35. The van der Waals surface area contributed by atoms with Gasteiger partial charge in [0, 0.05) is 51.0 Å². The van der Waals surface area contributed by atoms with Crippen molar-refractivity contribution < 1.29 is 13.6 Å². The minimum Gasteiger partial charge on any atom is -0.369 e. The highest BCUT2D eigenvalue weighted by Crippen LogP contribution is 2.16. The molecule has 0 aromatic heterocycles. The molecular formula is C21H23F2N3O. The Morgan fingerprint density at radius 2 is 1.52 bits per heavy atom. The molecule has 1 saturated heterocycles. The predicted molar refractivity (Wildman–Crippen MR) is 103 cm³/mol. The average molecular weight is 371 g/mol. The number of nitrogens with zero attached hydrogens (tertiary/aromatic N) is 2. The van der Waals surface area contributed by atoms with E-state index in [1.165, 1.54) is 30.3 Å². The number of amides is 1. The van der Waals surface area contributed by atoms with Crippen LogP contribution in [0.2, 0.25) is 0 Å². The maximum atomic E-state index is 13.0. The highest BCUT2D eigenvalue weighted by molar-refractivity contribution is 5.91. The smallest absolute Gasteiger partial charge is 0.244 e. The first-order valence-corrected chi connectivity index (χ1v) is 9.04. The number of anilines is 1. The summed E-state index contributed by atoms with van der Waals surface area (Å²) in [5, 5.41) is 2.86. The van der Waals surface area contributed by atoms with E-state index in [0.29, 0.717) is 6.54 Å². The van der Waals surface area contributed by atoms with Crippen molar-refractivity contribution in [3.8, 4) is 0 Å². The third-order valence-electron chi connectivity index (χ3n) is 4.59. The molecule has 142 valence electrons. The van der Waals surface area contributed by atoms with Crippen LogP contribution in [0.5, 0.6) is 0 Å². The summed E-state index contributed by atoms with van der Waals surface area (Å²) in [6, 6.07) is 12.6. The lowest BCUT2D eigenvalue weighted by atomic mass is 10.2. The molecule has 6 heteroatoms. The van der Waals surface area contributed by atoms with Crippen LogP contribution in [0.4, 0.5) is 14.5 Å². The van der Waals surface area contributed by atoms with Gasteiger partial charge in [-0.1, -0.05) is 12.1 Å². The van der Waals surface area contributed by atoms with Crippen molar-refractivity contribution in [2.45, 2.75) is 0 Å². The molecule has 0 saturated carbocycles. The van der Waals surface area contributed by atoms with Crippen LogP contribution < -0.4 is 10.2 Å². The molecule has 1 aliphatic heterocycles. The number of rotatable bonds is 6. The molecule has 0 spiro atoms. The van der Waals surface area contributed by atoms with E-state index in [1.807, 2.05) is 0 Å². The molecule has 1 aliphatic rings. The number of halogens is 2. The molecule has 0 unspecified atom stereocenters. The van der Waals surface area contributed by atoms with E-state index in [0.717, 1.165) is 44.0 Å². The lowest BCUT2D eigenvalue weighted by molar-refractivity contribution is -0.116. The zero-order valence-corrected chi connectivity index (χ0v) is 15.1. The maximum absolute atomic E-state index is 13.0. The third-order valence-corrected chi connectivity index (χ3v) is 4.59. The summed E-state index contributed by atoms with van der Waals surface area (Å²) >= 11 is 0. The van der Waals surface area contributed by atoms with Gasteiger partial charge in [0.2, 0.25) is 5.91 Å². The van der Waals surface area contributed by atoms with Crippen molar-refractivity contribution in [1.29, 1.82) is 0 Å². The minimum absolute atomic E-state index is 0.163. The second-order valence-corrected chi connectivity index (χ2v) is 6.48. The summed E-state index contributed by atoms with van der Waals surface area (Å²) in [6.07, 6.45) is 3.12. The lowest BCUT2D eigenvalue weighted by Gasteiger charge is -2.36. The molecule has 1 amide bonds. The summed E-state index contributed by atoms with van der Waals surface area (Å²) in [5.74, 6) is -0.679. The number of hydrogen-bond donors (Lipinski definition) is 1. The van der Waals surface area contributed by atoms with Crippen molar-refractivity contribution in [3.63, 3.8) is 0 Å². The number of benzene rings is 2. The van der Waals surface area contributed by atoms with Crippen LogP contribution in [-0.2, 0) is 4.79 Å². The zero-order valence-electron chi connectivity index (χ0n) is 15.1. The summed E-state index contributed by atoms with van der Waals surface area (Å²) in [4.78, 5) is 16.4. The second-order valence-electron chi connectivity index (χ2n) is 6.48. The van der Waals surface area contributed by atoms with E-state index in [2.05, 4.69) is 15.1 Å². The summed E-state index contributed by atoms with van der Waals surface area (Å²) in [6.45, 7) is 4.92. The Morgan fingerprint density at radius 1 is 0.926 bits per heavy atom. The van der Waals surface area contributed by atoms with Gasteiger partial charge in [-0.25, -0.2) is 8.78 Å². The summed E-state index contributed by atoms with van der Waals surface area (Å²) < 4.78 is 25.8. The maximum Gasteiger partial charge on any atom is 0.244 e. The molecular weight excluding hydrogens is 348 g/mol. The SMILES string of the molecule is O=C(/C=C/c1ccc(F)cc1)NCCN1CCN(c2ccc(F)cc2)CC1. The lowest BCUT2D eigenvalue weighted by Crippen LogP contribution is -2.48. The fraction of sp³-hybridized carbons (Fsp3) is 0.286. The van der Waals surface area contributed by atoms with Crippen molar-refractivity contribution in [1.82, 2.24) is 10.2 Å². The van der Waals surface area contributed by atoms with Gasteiger partial charge in [-0.05, 0) is 48.0 Å². The predicted octanol–water partition coefficient (Wildman–Crippen LogP) is 2.92. The molecule has 27 heavy (non-hydrogen) atoms. The van der Waals surface area contributed by atoms with E-state index >= 15 is 0 Å². The Morgan fingerprint density at radius 3 is 2.15 bits per heavy atom. The molecule has 1 fully saturated rings. The number of carbonyl (C=O) groups excluding carboxylic acids is 1. The number of piperazine rings is 1. The first-order valence-electron chi connectivity index (χ1n) is 9.04. The normalized spacial score (nSPS) is 15.3. The highest BCUT2D eigenvalue weighted by Gasteiger charge is 2.16. The Kier molecular flexibility index (Phi) is 6.54. The third kappa shape index (κ3) is 5.89. The van der Waals surface area contributed by atoms with Crippen LogP contribution in [0.25, 0.3) is 6.08 Å².